The molecule has 0 saturated heterocycles. The van der Waals surface area contributed by atoms with E-state index in [-0.39, 0.29) is 47.0 Å². The first kappa shape index (κ1) is 26.5. The number of allylic oxidation sites excluding steroid dienone is 1. The molecule has 1 unspecified atom stereocenters. The fourth-order valence-corrected chi connectivity index (χ4v) is 4.02. The van der Waals surface area contributed by atoms with Crippen LogP contribution in [0, 0.1) is 0 Å². The van der Waals surface area contributed by atoms with Crippen LogP contribution in [0.2, 0.25) is 10.0 Å². The summed E-state index contributed by atoms with van der Waals surface area (Å²) < 4.78 is 71.0. The maximum absolute atomic E-state index is 14.9. The van der Waals surface area contributed by atoms with Gasteiger partial charge in [0.05, 0.1) is 18.9 Å². The van der Waals surface area contributed by atoms with Crippen molar-refractivity contribution in [3.8, 4) is 0 Å². The number of ketones is 1. The van der Waals surface area contributed by atoms with Crippen molar-refractivity contribution in [2.75, 3.05) is 4.43 Å². The van der Waals surface area contributed by atoms with Gasteiger partial charge in [-0.1, -0.05) is 57.9 Å². The van der Waals surface area contributed by atoms with Gasteiger partial charge in [0.1, 0.15) is 17.4 Å². The molecular weight excluding hydrogens is 641 g/mol. The monoisotopic (exact) mass is 654 g/mol. The van der Waals surface area contributed by atoms with Crippen LogP contribution in [0.3, 0.4) is 0 Å². The average molecular weight is 656 g/mol. The second-order valence-electron chi connectivity index (χ2n) is 7.12. The summed E-state index contributed by atoms with van der Waals surface area (Å²) in [7, 11) is 0. The summed E-state index contributed by atoms with van der Waals surface area (Å²) in [5, 5.41) is -0.123. The van der Waals surface area contributed by atoms with Gasteiger partial charge < -0.3 is 0 Å². The van der Waals surface area contributed by atoms with E-state index in [0.29, 0.717) is 6.08 Å². The molecule has 0 aromatic heterocycles. The molecule has 0 heterocycles. The van der Waals surface area contributed by atoms with Crippen LogP contribution in [-0.4, -0.2) is 16.4 Å². The minimum Gasteiger partial charge on any atom is -0.293 e. The highest BCUT2D eigenvalue weighted by Crippen LogP contribution is 2.42. The van der Waals surface area contributed by atoms with Crippen LogP contribution in [0.15, 0.2) is 40.9 Å². The summed E-state index contributed by atoms with van der Waals surface area (Å²) in [6.07, 6.45) is -4.48. The number of halogens is 9. The Labute approximate surface area is 208 Å². The smallest absolute Gasteiger partial charge is 0.293 e. The molecule has 10 heteroatoms. The first-order valence-electron chi connectivity index (χ1n) is 8.68. The summed E-state index contributed by atoms with van der Waals surface area (Å²) in [5.74, 6) is -3.95. The highest BCUT2D eigenvalue weighted by atomic mass is 127. The third-order valence-electron chi connectivity index (χ3n) is 4.39. The van der Waals surface area contributed by atoms with Gasteiger partial charge in [0, 0.05) is 11.1 Å². The van der Waals surface area contributed by atoms with Crippen LogP contribution in [0.5, 0.6) is 0 Å². The molecule has 0 amide bonds. The molecule has 0 radical (unpaired) electrons. The molecule has 31 heavy (non-hydrogen) atoms. The maximum atomic E-state index is 14.9. The molecule has 2 aromatic rings. The molecule has 2 rings (SSSR count). The number of carbonyl (C=O) groups is 1. The predicted octanol–water partition coefficient (Wildman–Crippen LogP) is 9.23. The Balaban J connectivity index is 2.62. The Morgan fingerprint density at radius 2 is 1.68 bits per heavy atom. The lowest BCUT2D eigenvalue weighted by molar-refractivity contribution is -0.139. The van der Waals surface area contributed by atoms with Gasteiger partial charge in [-0.3, -0.25) is 4.79 Å². The Morgan fingerprint density at radius 1 is 1.13 bits per heavy atom. The zero-order valence-electron chi connectivity index (χ0n) is 16.1. The summed E-state index contributed by atoms with van der Waals surface area (Å²) in [5.41, 5.74) is -2.70. The number of benzene rings is 2. The lowest BCUT2D eigenvalue weighted by Gasteiger charge is -2.21. The molecule has 0 fully saturated rings. The van der Waals surface area contributed by atoms with Crippen molar-refractivity contribution >= 4 is 73.3 Å². The number of carbonyl (C=O) groups excluding carboxylic acids is 1. The fraction of sp³-hybridized carbons (Fsp3) is 0.286. The lowest BCUT2D eigenvalue weighted by atomic mass is 9.90. The van der Waals surface area contributed by atoms with Crippen LogP contribution in [0.1, 0.15) is 46.8 Å². The molecule has 0 aliphatic carbocycles. The van der Waals surface area contributed by atoms with E-state index in [9.17, 15) is 26.7 Å². The van der Waals surface area contributed by atoms with E-state index in [0.717, 1.165) is 24.3 Å². The van der Waals surface area contributed by atoms with Crippen molar-refractivity contribution in [2.24, 2.45) is 0 Å². The van der Waals surface area contributed by atoms with Gasteiger partial charge in [0.15, 0.2) is 5.78 Å². The quantitative estimate of drug-likeness (QED) is 0.0997. The van der Waals surface area contributed by atoms with Gasteiger partial charge in [-0.25, -0.2) is 8.78 Å². The minimum absolute atomic E-state index is 0.0531. The van der Waals surface area contributed by atoms with E-state index in [1.807, 2.05) is 22.6 Å². The molecule has 168 valence electrons. The van der Waals surface area contributed by atoms with E-state index in [1.165, 1.54) is 19.9 Å². The standard InChI is InChI=1S/C21H15BrCl2F5IO/c1-20(2,26)14-5-10(3-4-12(14)18(31)9-30)17(25)8-13(21(27,28)29)11-6-15(23)19(22)16(24)7-11/h3-8,13H,9H2,1-2H3/b17-8-. The number of alkyl halides is 5. The Kier molecular flexibility index (Phi) is 8.61. The fourth-order valence-electron chi connectivity index (χ4n) is 2.88. The van der Waals surface area contributed by atoms with Crippen LogP contribution < -0.4 is 0 Å². The minimum atomic E-state index is -4.85. The van der Waals surface area contributed by atoms with Crippen molar-refractivity contribution in [1.29, 1.82) is 0 Å². The molecule has 0 spiro atoms. The van der Waals surface area contributed by atoms with Crippen LogP contribution >= 0.6 is 61.7 Å². The molecule has 0 aliphatic rings. The van der Waals surface area contributed by atoms with Crippen molar-refractivity contribution < 1.29 is 26.7 Å². The Hall–Kier alpha value is -0.710. The maximum Gasteiger partial charge on any atom is 0.399 e. The zero-order valence-corrected chi connectivity index (χ0v) is 21.3. The topological polar surface area (TPSA) is 17.1 Å². The summed E-state index contributed by atoms with van der Waals surface area (Å²) >= 11 is 16.7. The second-order valence-corrected chi connectivity index (χ2v) is 9.49. The van der Waals surface area contributed by atoms with Gasteiger partial charge in [-0.15, -0.1) is 0 Å². The molecule has 0 bridgehead atoms. The van der Waals surface area contributed by atoms with E-state index in [4.69, 9.17) is 23.2 Å². The SMILES string of the molecule is CC(C)(F)c1cc(/C(F)=C/C(c2cc(Cl)c(Br)c(Cl)c2)C(F)(F)F)ccc1C(=O)CI. The summed E-state index contributed by atoms with van der Waals surface area (Å²) in [6.45, 7) is 2.37. The van der Waals surface area contributed by atoms with E-state index < -0.39 is 23.6 Å². The Bertz CT molecular complexity index is 1010. The van der Waals surface area contributed by atoms with Crippen LogP contribution in [0.4, 0.5) is 22.0 Å². The van der Waals surface area contributed by atoms with Gasteiger partial charge in [0.25, 0.3) is 0 Å². The van der Waals surface area contributed by atoms with Crippen molar-refractivity contribution in [1.82, 2.24) is 0 Å². The number of rotatable bonds is 6. The number of hydrogen-bond donors (Lipinski definition) is 0. The number of hydrogen-bond acceptors (Lipinski definition) is 1. The second kappa shape index (κ2) is 10.1. The zero-order chi connectivity index (χ0) is 23.7. The van der Waals surface area contributed by atoms with Crippen LogP contribution in [-0.2, 0) is 5.67 Å². The molecule has 0 aliphatic heterocycles. The van der Waals surface area contributed by atoms with Gasteiger partial charge in [0.2, 0.25) is 0 Å². The van der Waals surface area contributed by atoms with Crippen molar-refractivity contribution in [3.05, 3.63) is 73.2 Å². The highest BCUT2D eigenvalue weighted by molar-refractivity contribution is 14.1. The normalized spacial score (nSPS) is 14.0. The van der Waals surface area contributed by atoms with Crippen molar-refractivity contribution in [2.45, 2.75) is 31.6 Å². The molecular formula is C21H15BrCl2F5IO. The van der Waals surface area contributed by atoms with E-state index >= 15 is 0 Å². The third-order valence-corrected chi connectivity index (χ3v) is 6.99. The molecule has 0 saturated carbocycles. The highest BCUT2D eigenvalue weighted by Gasteiger charge is 2.40. The average Bonchev–Trinajstić information content (AvgIpc) is 2.67. The molecule has 1 nitrogen and oxygen atoms in total. The van der Waals surface area contributed by atoms with E-state index in [1.54, 1.807) is 0 Å². The van der Waals surface area contributed by atoms with Gasteiger partial charge in [-0.05, 0) is 65.2 Å². The third kappa shape index (κ3) is 6.42. The molecule has 1 atom stereocenters. The molecule has 2 aromatic carbocycles. The summed E-state index contributed by atoms with van der Waals surface area (Å²) in [6, 6.07) is 5.50. The summed E-state index contributed by atoms with van der Waals surface area (Å²) in [4.78, 5) is 12.1. The van der Waals surface area contributed by atoms with Gasteiger partial charge in [-0.2, -0.15) is 13.2 Å². The first-order valence-corrected chi connectivity index (χ1v) is 11.8. The van der Waals surface area contributed by atoms with Crippen molar-refractivity contribution in [3.63, 3.8) is 0 Å². The predicted molar refractivity (Wildman–Crippen MR) is 126 cm³/mol. The largest absolute Gasteiger partial charge is 0.399 e. The van der Waals surface area contributed by atoms with Crippen LogP contribution in [0.25, 0.3) is 5.83 Å². The van der Waals surface area contributed by atoms with E-state index in [2.05, 4.69) is 15.9 Å². The Morgan fingerprint density at radius 3 is 2.13 bits per heavy atom. The van der Waals surface area contributed by atoms with Gasteiger partial charge >= 0.3 is 6.18 Å². The molecule has 0 N–H and O–H groups in total. The first-order chi connectivity index (χ1) is 14.2. The number of Topliss-reactive ketones (excluding diaryl/α,β-unsaturated/α-hetero) is 1. The lowest BCUT2D eigenvalue weighted by Crippen LogP contribution is -2.19.